The molecule has 1 rings (SSSR count). The van der Waals surface area contributed by atoms with Crippen LogP contribution in [0.2, 0.25) is 5.02 Å². The monoisotopic (exact) mass is 339 g/mol. The minimum absolute atomic E-state index is 0.168. The summed E-state index contributed by atoms with van der Waals surface area (Å²) in [5.41, 5.74) is -2.24. The Kier molecular flexibility index (Phi) is 5.23. The highest BCUT2D eigenvalue weighted by Gasteiger charge is 2.36. The van der Waals surface area contributed by atoms with Crippen molar-refractivity contribution in [2.24, 2.45) is 0 Å². The third kappa shape index (κ3) is 4.00. The number of nitro benzene ring substituents is 1. The average Bonchev–Trinajstić information content (AvgIpc) is 2.36. The van der Waals surface area contributed by atoms with Gasteiger partial charge in [-0.15, -0.1) is 0 Å². The van der Waals surface area contributed by atoms with Gasteiger partial charge in [-0.25, -0.2) is 0 Å². The number of alkyl halides is 3. The van der Waals surface area contributed by atoms with Crippen molar-refractivity contribution in [2.45, 2.75) is 6.18 Å². The number of rotatable bonds is 4. The van der Waals surface area contributed by atoms with Gasteiger partial charge < -0.3 is 9.80 Å². The van der Waals surface area contributed by atoms with Gasteiger partial charge in [0, 0.05) is 27.2 Å². The molecular formula is C12H13ClF3N3O3. The van der Waals surface area contributed by atoms with Gasteiger partial charge >= 0.3 is 6.18 Å². The van der Waals surface area contributed by atoms with Crippen molar-refractivity contribution >= 4 is 28.9 Å². The van der Waals surface area contributed by atoms with E-state index in [1.165, 1.54) is 30.9 Å². The van der Waals surface area contributed by atoms with E-state index in [-0.39, 0.29) is 18.1 Å². The zero-order valence-corrected chi connectivity index (χ0v) is 12.7. The summed E-state index contributed by atoms with van der Waals surface area (Å²) in [6.45, 7) is -0.241. The van der Waals surface area contributed by atoms with E-state index in [0.29, 0.717) is 6.07 Å². The highest BCUT2D eigenvalue weighted by atomic mass is 35.5. The zero-order chi connectivity index (χ0) is 17.2. The van der Waals surface area contributed by atoms with Gasteiger partial charge in [0.2, 0.25) is 5.91 Å². The second-order valence-electron chi connectivity index (χ2n) is 4.72. The molecule has 0 N–H and O–H groups in total. The van der Waals surface area contributed by atoms with Crippen LogP contribution in [-0.4, -0.2) is 43.4 Å². The fraction of sp³-hybridized carbons (Fsp3) is 0.417. The van der Waals surface area contributed by atoms with E-state index in [0.717, 1.165) is 6.07 Å². The van der Waals surface area contributed by atoms with Crippen molar-refractivity contribution in [3.8, 4) is 0 Å². The summed E-state index contributed by atoms with van der Waals surface area (Å²) in [4.78, 5) is 24.1. The summed E-state index contributed by atoms with van der Waals surface area (Å²) in [5.74, 6) is -0.368. The predicted molar refractivity (Wildman–Crippen MR) is 75.1 cm³/mol. The Balaban J connectivity index is 3.33. The van der Waals surface area contributed by atoms with Crippen molar-refractivity contribution < 1.29 is 22.9 Å². The maximum absolute atomic E-state index is 12.8. The largest absolute Gasteiger partial charge is 0.418 e. The molecule has 0 saturated carbocycles. The Morgan fingerprint density at radius 1 is 1.32 bits per heavy atom. The molecule has 1 aromatic rings. The molecule has 0 fully saturated rings. The van der Waals surface area contributed by atoms with Crippen LogP contribution in [0.5, 0.6) is 0 Å². The molecule has 0 unspecified atom stereocenters. The summed E-state index contributed by atoms with van der Waals surface area (Å²) >= 11 is 5.57. The van der Waals surface area contributed by atoms with E-state index in [4.69, 9.17) is 11.6 Å². The molecule has 0 atom stereocenters. The first-order valence-corrected chi connectivity index (χ1v) is 6.29. The quantitative estimate of drug-likeness (QED) is 0.625. The molecular weight excluding hydrogens is 327 g/mol. The van der Waals surface area contributed by atoms with Crippen LogP contribution in [0.1, 0.15) is 5.56 Å². The first kappa shape index (κ1) is 18.0. The first-order chi connectivity index (χ1) is 9.95. The molecule has 122 valence electrons. The number of halogens is 4. The van der Waals surface area contributed by atoms with Gasteiger partial charge in [-0.05, 0) is 6.07 Å². The highest BCUT2D eigenvalue weighted by Crippen LogP contribution is 2.41. The van der Waals surface area contributed by atoms with Crippen LogP contribution in [0, 0.1) is 10.1 Å². The molecule has 0 aliphatic rings. The molecule has 1 amide bonds. The SMILES string of the molecule is CN(C)C(=O)CN(C)c1cc(Cl)c(C(F)(F)F)cc1[N+](=O)[O-]. The molecule has 0 radical (unpaired) electrons. The molecule has 0 aliphatic carbocycles. The number of carbonyl (C=O) groups excluding carboxylic acids is 1. The molecule has 0 heterocycles. The lowest BCUT2D eigenvalue weighted by Crippen LogP contribution is -2.34. The number of hydrogen-bond donors (Lipinski definition) is 0. The fourth-order valence-corrected chi connectivity index (χ4v) is 1.92. The molecule has 0 aromatic heterocycles. The summed E-state index contributed by atoms with van der Waals surface area (Å²) in [6, 6.07) is 1.21. The molecule has 0 saturated heterocycles. The van der Waals surface area contributed by atoms with Gasteiger partial charge in [0.15, 0.2) is 0 Å². The molecule has 6 nitrogen and oxygen atoms in total. The predicted octanol–water partition coefficient (Wildman–Crippen LogP) is 2.79. The van der Waals surface area contributed by atoms with Crippen LogP contribution in [0.25, 0.3) is 0 Å². The van der Waals surface area contributed by atoms with Crippen LogP contribution in [0.15, 0.2) is 12.1 Å². The second kappa shape index (κ2) is 6.39. The van der Waals surface area contributed by atoms with Crippen molar-refractivity contribution in [1.82, 2.24) is 4.90 Å². The maximum Gasteiger partial charge on any atom is 0.418 e. The molecule has 0 bridgehead atoms. The smallest absolute Gasteiger partial charge is 0.360 e. The summed E-state index contributed by atoms with van der Waals surface area (Å²) in [7, 11) is 4.34. The molecule has 0 spiro atoms. The zero-order valence-electron chi connectivity index (χ0n) is 11.9. The van der Waals surface area contributed by atoms with Crippen molar-refractivity contribution in [1.29, 1.82) is 0 Å². The number of benzene rings is 1. The molecule has 22 heavy (non-hydrogen) atoms. The van der Waals surface area contributed by atoms with Gasteiger partial charge in [0.25, 0.3) is 5.69 Å². The van der Waals surface area contributed by atoms with E-state index < -0.39 is 27.4 Å². The van der Waals surface area contributed by atoms with E-state index >= 15 is 0 Å². The van der Waals surface area contributed by atoms with Crippen LogP contribution < -0.4 is 4.90 Å². The van der Waals surface area contributed by atoms with E-state index in [2.05, 4.69) is 0 Å². The molecule has 10 heteroatoms. The Morgan fingerprint density at radius 2 is 1.86 bits per heavy atom. The van der Waals surface area contributed by atoms with Crippen LogP contribution >= 0.6 is 11.6 Å². The lowest BCUT2D eigenvalue weighted by Gasteiger charge is -2.22. The Labute approximate surface area is 129 Å². The maximum atomic E-state index is 12.8. The highest BCUT2D eigenvalue weighted by molar-refractivity contribution is 6.31. The van der Waals surface area contributed by atoms with E-state index in [1.807, 2.05) is 0 Å². The van der Waals surface area contributed by atoms with Gasteiger partial charge in [-0.2, -0.15) is 13.2 Å². The normalized spacial score (nSPS) is 11.2. The van der Waals surface area contributed by atoms with Crippen LogP contribution in [-0.2, 0) is 11.0 Å². The number of amides is 1. The standard InChI is InChI=1S/C12H13ClF3N3O3/c1-17(2)11(20)6-18(3)9-5-8(13)7(12(14,15)16)4-10(9)19(21)22/h4-5H,6H2,1-3H3. The van der Waals surface area contributed by atoms with Gasteiger partial charge in [-0.3, -0.25) is 14.9 Å². The second-order valence-corrected chi connectivity index (χ2v) is 5.13. The van der Waals surface area contributed by atoms with Gasteiger partial charge in [0.1, 0.15) is 5.69 Å². The lowest BCUT2D eigenvalue weighted by molar-refractivity contribution is -0.384. The minimum atomic E-state index is -4.81. The van der Waals surface area contributed by atoms with Crippen LogP contribution in [0.4, 0.5) is 24.5 Å². The number of nitrogens with zero attached hydrogens (tertiary/aromatic N) is 3. The van der Waals surface area contributed by atoms with Crippen LogP contribution in [0.3, 0.4) is 0 Å². The number of hydrogen-bond acceptors (Lipinski definition) is 4. The van der Waals surface area contributed by atoms with Crippen molar-refractivity contribution in [3.05, 3.63) is 32.8 Å². The summed E-state index contributed by atoms with van der Waals surface area (Å²) < 4.78 is 38.3. The van der Waals surface area contributed by atoms with Crippen molar-refractivity contribution in [2.75, 3.05) is 32.6 Å². The number of carbonyl (C=O) groups is 1. The van der Waals surface area contributed by atoms with E-state index in [9.17, 15) is 28.1 Å². The minimum Gasteiger partial charge on any atom is -0.360 e. The summed E-state index contributed by atoms with van der Waals surface area (Å²) in [6.07, 6.45) is -4.81. The number of anilines is 1. The third-order valence-corrected chi connectivity index (χ3v) is 3.16. The van der Waals surface area contributed by atoms with Gasteiger partial charge in [-0.1, -0.05) is 11.6 Å². The Bertz CT molecular complexity index is 605. The van der Waals surface area contributed by atoms with E-state index in [1.54, 1.807) is 0 Å². The fourth-order valence-electron chi connectivity index (χ4n) is 1.65. The topological polar surface area (TPSA) is 66.7 Å². The Hall–Kier alpha value is -2.03. The van der Waals surface area contributed by atoms with Gasteiger partial charge in [0.05, 0.1) is 22.1 Å². The third-order valence-electron chi connectivity index (χ3n) is 2.85. The number of likely N-dealkylation sites (N-methyl/N-ethyl adjacent to an activating group) is 2. The molecule has 0 aliphatic heterocycles. The van der Waals surface area contributed by atoms with Crippen molar-refractivity contribution in [3.63, 3.8) is 0 Å². The summed E-state index contributed by atoms with van der Waals surface area (Å²) in [5, 5.41) is 10.3. The average molecular weight is 340 g/mol. The first-order valence-electron chi connectivity index (χ1n) is 5.91. The Morgan fingerprint density at radius 3 is 2.27 bits per heavy atom. The lowest BCUT2D eigenvalue weighted by atomic mass is 10.1. The number of nitro groups is 1. The molecule has 1 aromatic carbocycles.